The van der Waals surface area contributed by atoms with Gasteiger partial charge in [-0.05, 0) is 37.1 Å². The van der Waals surface area contributed by atoms with Crippen molar-refractivity contribution in [1.29, 1.82) is 5.26 Å². The van der Waals surface area contributed by atoms with E-state index in [1.807, 2.05) is 6.07 Å². The number of carbonyl (C=O) groups excluding carboxylic acids is 1. The summed E-state index contributed by atoms with van der Waals surface area (Å²) in [5.74, 6) is -0.410. The van der Waals surface area contributed by atoms with Gasteiger partial charge in [0.2, 0.25) is 0 Å². The summed E-state index contributed by atoms with van der Waals surface area (Å²) in [5, 5.41) is 11.7. The van der Waals surface area contributed by atoms with Gasteiger partial charge >= 0.3 is 0 Å². The minimum absolute atomic E-state index is 0.0240. The SMILES string of the molecule is N#CC(=CNc1ccc(F)cc1)C(=O)C1CC1. The lowest BCUT2D eigenvalue weighted by molar-refractivity contribution is -0.116. The zero-order chi connectivity index (χ0) is 12.3. The Kier molecular flexibility index (Phi) is 3.20. The molecule has 0 unspecified atom stereocenters. The summed E-state index contributed by atoms with van der Waals surface area (Å²) in [4.78, 5) is 11.6. The number of carbonyl (C=O) groups is 1. The molecule has 1 aliphatic carbocycles. The second-order valence-corrected chi connectivity index (χ2v) is 3.96. The second kappa shape index (κ2) is 4.79. The minimum Gasteiger partial charge on any atom is -0.360 e. The Morgan fingerprint density at radius 3 is 2.59 bits per heavy atom. The van der Waals surface area contributed by atoms with Gasteiger partial charge < -0.3 is 5.32 Å². The molecule has 1 aliphatic rings. The van der Waals surface area contributed by atoms with Crippen molar-refractivity contribution in [2.45, 2.75) is 12.8 Å². The Morgan fingerprint density at radius 2 is 2.06 bits per heavy atom. The fraction of sp³-hybridized carbons (Fsp3) is 0.231. The van der Waals surface area contributed by atoms with Crippen LogP contribution in [0.4, 0.5) is 10.1 Å². The molecule has 0 aromatic heterocycles. The van der Waals surface area contributed by atoms with Gasteiger partial charge in [0.1, 0.15) is 17.5 Å². The highest BCUT2D eigenvalue weighted by atomic mass is 19.1. The molecule has 1 aromatic rings. The van der Waals surface area contributed by atoms with Crippen molar-refractivity contribution in [2.75, 3.05) is 5.32 Å². The maximum Gasteiger partial charge on any atom is 0.177 e. The first-order valence-electron chi connectivity index (χ1n) is 5.37. The fourth-order valence-corrected chi connectivity index (χ4v) is 1.43. The molecule has 0 aliphatic heterocycles. The number of nitrogens with zero attached hydrogens (tertiary/aromatic N) is 1. The summed E-state index contributed by atoms with van der Waals surface area (Å²) in [6.45, 7) is 0. The Bertz CT molecular complexity index is 495. The standard InChI is InChI=1S/C13H11FN2O/c14-11-3-5-12(6-4-11)16-8-10(7-15)13(17)9-1-2-9/h3-6,8-9,16H,1-2H2. The minimum atomic E-state index is -0.325. The van der Waals surface area contributed by atoms with E-state index in [9.17, 15) is 9.18 Å². The number of hydrogen-bond acceptors (Lipinski definition) is 3. The van der Waals surface area contributed by atoms with Crippen LogP contribution >= 0.6 is 0 Å². The number of nitriles is 1. The third-order valence-corrected chi connectivity index (χ3v) is 2.56. The smallest absolute Gasteiger partial charge is 0.177 e. The monoisotopic (exact) mass is 230 g/mol. The molecule has 1 saturated carbocycles. The van der Waals surface area contributed by atoms with Gasteiger partial charge in [0, 0.05) is 17.8 Å². The van der Waals surface area contributed by atoms with Crippen molar-refractivity contribution >= 4 is 11.5 Å². The maximum atomic E-state index is 12.6. The average Bonchev–Trinajstić information content (AvgIpc) is 3.16. The van der Waals surface area contributed by atoms with Gasteiger partial charge in [-0.15, -0.1) is 0 Å². The molecule has 1 aromatic carbocycles. The largest absolute Gasteiger partial charge is 0.360 e. The van der Waals surface area contributed by atoms with Gasteiger partial charge in [-0.1, -0.05) is 0 Å². The first-order chi connectivity index (χ1) is 8.20. The van der Waals surface area contributed by atoms with Crippen molar-refractivity contribution in [3.8, 4) is 6.07 Å². The molecule has 0 heterocycles. The molecule has 0 amide bonds. The topological polar surface area (TPSA) is 52.9 Å². The van der Waals surface area contributed by atoms with Crippen LogP contribution in [0.25, 0.3) is 0 Å². The van der Waals surface area contributed by atoms with Crippen LogP contribution in [0.3, 0.4) is 0 Å². The summed E-state index contributed by atoms with van der Waals surface area (Å²) in [7, 11) is 0. The molecule has 3 nitrogen and oxygen atoms in total. The van der Waals surface area contributed by atoms with Crippen LogP contribution < -0.4 is 5.32 Å². The number of allylic oxidation sites excluding steroid dienone is 1. The molecular formula is C13H11FN2O. The maximum absolute atomic E-state index is 12.6. The molecule has 4 heteroatoms. The number of nitrogens with one attached hydrogen (secondary N) is 1. The molecule has 2 rings (SSSR count). The Hall–Kier alpha value is -2.15. The van der Waals surface area contributed by atoms with Crippen LogP contribution in [-0.2, 0) is 4.79 Å². The molecule has 0 saturated heterocycles. The van der Waals surface area contributed by atoms with E-state index in [4.69, 9.17) is 5.26 Å². The van der Waals surface area contributed by atoms with Crippen molar-refractivity contribution in [1.82, 2.24) is 0 Å². The number of hydrogen-bond donors (Lipinski definition) is 1. The Balaban J connectivity index is 2.05. The molecular weight excluding hydrogens is 219 g/mol. The van der Waals surface area contributed by atoms with Gasteiger partial charge in [0.05, 0.1) is 0 Å². The van der Waals surface area contributed by atoms with Crippen molar-refractivity contribution in [3.63, 3.8) is 0 Å². The molecule has 0 spiro atoms. The van der Waals surface area contributed by atoms with Gasteiger partial charge in [0.15, 0.2) is 5.78 Å². The summed E-state index contributed by atoms with van der Waals surface area (Å²) >= 11 is 0. The zero-order valence-electron chi connectivity index (χ0n) is 9.11. The lowest BCUT2D eigenvalue weighted by Crippen LogP contribution is -2.05. The quantitative estimate of drug-likeness (QED) is 0.639. The predicted octanol–water partition coefficient (Wildman–Crippen LogP) is 2.62. The van der Waals surface area contributed by atoms with Crippen LogP contribution in [0, 0.1) is 23.1 Å². The molecule has 17 heavy (non-hydrogen) atoms. The zero-order valence-corrected chi connectivity index (χ0v) is 9.11. The molecule has 1 fully saturated rings. The van der Waals surface area contributed by atoms with E-state index in [1.54, 1.807) is 12.1 Å². The number of Topliss-reactive ketones (excluding diaryl/α,β-unsaturated/α-hetero) is 1. The van der Waals surface area contributed by atoms with E-state index in [0.717, 1.165) is 12.8 Å². The van der Waals surface area contributed by atoms with Crippen molar-refractivity contribution in [3.05, 3.63) is 41.9 Å². The molecule has 0 atom stereocenters. The Labute approximate surface area is 98.6 Å². The van der Waals surface area contributed by atoms with Crippen molar-refractivity contribution < 1.29 is 9.18 Å². The highest BCUT2D eigenvalue weighted by Crippen LogP contribution is 2.32. The van der Waals surface area contributed by atoms with Crippen LogP contribution in [-0.4, -0.2) is 5.78 Å². The number of halogens is 1. The highest BCUT2D eigenvalue weighted by molar-refractivity contribution is 6.02. The summed E-state index contributed by atoms with van der Waals surface area (Å²) < 4.78 is 12.6. The normalized spacial score (nSPS) is 15.2. The van der Waals surface area contributed by atoms with Crippen LogP contribution in [0.5, 0.6) is 0 Å². The van der Waals surface area contributed by atoms with Crippen molar-refractivity contribution in [2.24, 2.45) is 5.92 Å². The number of ketones is 1. The highest BCUT2D eigenvalue weighted by Gasteiger charge is 2.31. The number of rotatable bonds is 4. The van der Waals surface area contributed by atoms with E-state index >= 15 is 0 Å². The second-order valence-electron chi connectivity index (χ2n) is 3.96. The fourth-order valence-electron chi connectivity index (χ4n) is 1.43. The predicted molar refractivity (Wildman–Crippen MR) is 61.4 cm³/mol. The number of anilines is 1. The van der Waals surface area contributed by atoms with Crippen LogP contribution in [0.1, 0.15) is 12.8 Å². The molecule has 0 bridgehead atoms. The van der Waals surface area contributed by atoms with Gasteiger partial charge in [-0.3, -0.25) is 4.79 Å². The van der Waals surface area contributed by atoms with Crippen LogP contribution in [0.15, 0.2) is 36.0 Å². The number of benzene rings is 1. The molecule has 1 N–H and O–H groups in total. The van der Waals surface area contributed by atoms with E-state index in [0.29, 0.717) is 5.69 Å². The first-order valence-corrected chi connectivity index (χ1v) is 5.37. The lowest BCUT2D eigenvalue weighted by atomic mass is 10.1. The van der Waals surface area contributed by atoms with E-state index in [2.05, 4.69) is 5.32 Å². The van der Waals surface area contributed by atoms with E-state index < -0.39 is 0 Å². The first kappa shape index (κ1) is 11.3. The van der Waals surface area contributed by atoms with Crippen LogP contribution in [0.2, 0.25) is 0 Å². The molecule has 0 radical (unpaired) electrons. The van der Waals surface area contributed by atoms with Gasteiger partial charge in [-0.2, -0.15) is 5.26 Å². The summed E-state index contributed by atoms with van der Waals surface area (Å²) in [6.07, 6.45) is 3.12. The third-order valence-electron chi connectivity index (χ3n) is 2.56. The third kappa shape index (κ3) is 2.91. The van der Waals surface area contributed by atoms with Gasteiger partial charge in [0.25, 0.3) is 0 Å². The summed E-state index contributed by atoms with van der Waals surface area (Å²) in [5.41, 5.74) is 0.763. The summed E-state index contributed by atoms with van der Waals surface area (Å²) in [6, 6.07) is 7.59. The van der Waals surface area contributed by atoms with Gasteiger partial charge in [-0.25, -0.2) is 4.39 Å². The lowest BCUT2D eigenvalue weighted by Gasteiger charge is -2.01. The van der Waals surface area contributed by atoms with E-state index in [-0.39, 0.29) is 23.1 Å². The average molecular weight is 230 g/mol. The Morgan fingerprint density at radius 1 is 1.41 bits per heavy atom. The van der Waals surface area contributed by atoms with E-state index in [1.165, 1.54) is 18.3 Å². The molecule has 86 valence electrons.